The smallest absolute Gasteiger partial charge is 0.248 e. The molecule has 0 aliphatic carbocycles. The van der Waals surface area contributed by atoms with Crippen LogP contribution in [-0.2, 0) is 4.79 Å². The Bertz CT molecular complexity index is 202. The van der Waals surface area contributed by atoms with Crippen LogP contribution in [0.4, 0.5) is 0 Å². The van der Waals surface area contributed by atoms with Crippen molar-refractivity contribution in [2.45, 2.75) is 12.8 Å². The number of aliphatic hydroxyl groups is 1. The Hall–Kier alpha value is -1.08. The minimum atomic E-state index is -0.419. The van der Waals surface area contributed by atoms with Crippen molar-refractivity contribution in [3.63, 3.8) is 0 Å². The van der Waals surface area contributed by atoms with Gasteiger partial charge in [-0.1, -0.05) is 0 Å². The standard InChI is InChI=1S/C8H12N2O2/c9-5-7-1-3-10(4-2-7)8(12)6-11/h7,11H,1-4,6H2. The molecule has 0 saturated carbocycles. The number of hydrogen-bond acceptors (Lipinski definition) is 3. The summed E-state index contributed by atoms with van der Waals surface area (Å²) in [6.45, 7) is 0.798. The van der Waals surface area contributed by atoms with Gasteiger partial charge in [0.15, 0.2) is 0 Å². The zero-order chi connectivity index (χ0) is 8.97. The third kappa shape index (κ3) is 1.95. The molecular formula is C8H12N2O2. The zero-order valence-corrected chi connectivity index (χ0v) is 6.86. The average molecular weight is 168 g/mol. The molecule has 1 aliphatic rings. The Balaban J connectivity index is 2.37. The van der Waals surface area contributed by atoms with E-state index in [1.165, 1.54) is 0 Å². The molecule has 1 N–H and O–H groups in total. The molecule has 4 nitrogen and oxygen atoms in total. The van der Waals surface area contributed by atoms with E-state index in [1.54, 1.807) is 4.90 Å². The first kappa shape index (κ1) is 9.01. The molecule has 1 heterocycles. The molecule has 0 bridgehead atoms. The first-order valence-corrected chi connectivity index (χ1v) is 4.06. The van der Waals surface area contributed by atoms with Crippen LogP contribution in [0.3, 0.4) is 0 Å². The van der Waals surface area contributed by atoms with Crippen LogP contribution in [-0.4, -0.2) is 35.6 Å². The molecule has 1 aliphatic heterocycles. The number of nitriles is 1. The summed E-state index contributed by atoms with van der Waals surface area (Å²) in [5, 5.41) is 17.1. The molecule has 1 rings (SSSR count). The van der Waals surface area contributed by atoms with Crippen molar-refractivity contribution in [2.24, 2.45) is 5.92 Å². The van der Waals surface area contributed by atoms with Crippen LogP contribution in [0.25, 0.3) is 0 Å². The van der Waals surface area contributed by atoms with Gasteiger partial charge in [0, 0.05) is 19.0 Å². The molecule has 0 aromatic heterocycles. The summed E-state index contributed by atoms with van der Waals surface area (Å²) in [4.78, 5) is 12.6. The zero-order valence-electron chi connectivity index (χ0n) is 6.86. The normalized spacial score (nSPS) is 18.8. The third-order valence-corrected chi connectivity index (χ3v) is 2.17. The van der Waals surface area contributed by atoms with Crippen molar-refractivity contribution in [1.29, 1.82) is 5.26 Å². The van der Waals surface area contributed by atoms with Crippen LogP contribution >= 0.6 is 0 Å². The molecule has 1 fully saturated rings. The van der Waals surface area contributed by atoms with Gasteiger partial charge in [0.25, 0.3) is 0 Å². The number of likely N-dealkylation sites (tertiary alicyclic amines) is 1. The molecular weight excluding hydrogens is 156 g/mol. The highest BCUT2D eigenvalue weighted by molar-refractivity contribution is 5.77. The second-order valence-electron chi connectivity index (χ2n) is 2.94. The van der Waals surface area contributed by atoms with Crippen molar-refractivity contribution in [1.82, 2.24) is 4.90 Å². The number of carbonyl (C=O) groups is 1. The molecule has 66 valence electrons. The molecule has 0 atom stereocenters. The Morgan fingerprint density at radius 2 is 2.17 bits per heavy atom. The fraction of sp³-hybridized carbons (Fsp3) is 0.750. The molecule has 0 aromatic carbocycles. The predicted octanol–water partition coefficient (Wildman–Crippen LogP) is -0.259. The van der Waals surface area contributed by atoms with Gasteiger partial charge >= 0.3 is 0 Å². The lowest BCUT2D eigenvalue weighted by molar-refractivity contribution is -0.135. The van der Waals surface area contributed by atoms with E-state index < -0.39 is 6.61 Å². The number of carbonyl (C=O) groups excluding carboxylic acids is 1. The monoisotopic (exact) mass is 168 g/mol. The third-order valence-electron chi connectivity index (χ3n) is 2.17. The number of aliphatic hydroxyl groups excluding tert-OH is 1. The number of piperidine rings is 1. The van der Waals surface area contributed by atoms with Crippen molar-refractivity contribution in [3.05, 3.63) is 0 Å². The number of amides is 1. The van der Waals surface area contributed by atoms with Crippen LogP contribution in [0.2, 0.25) is 0 Å². The molecule has 0 aromatic rings. The SMILES string of the molecule is N#CC1CCN(C(=O)CO)CC1. The Kier molecular flexibility index (Phi) is 3.06. The number of hydrogen-bond donors (Lipinski definition) is 1. The van der Waals surface area contributed by atoms with Gasteiger partial charge in [-0.25, -0.2) is 0 Å². The van der Waals surface area contributed by atoms with Crippen LogP contribution in [0, 0.1) is 17.2 Å². The van der Waals surface area contributed by atoms with E-state index in [2.05, 4.69) is 6.07 Å². The summed E-state index contributed by atoms with van der Waals surface area (Å²) in [6.07, 6.45) is 1.48. The molecule has 0 radical (unpaired) electrons. The fourth-order valence-electron chi connectivity index (χ4n) is 1.36. The van der Waals surface area contributed by atoms with Gasteiger partial charge in [-0.3, -0.25) is 4.79 Å². The lowest BCUT2D eigenvalue weighted by Crippen LogP contribution is -2.39. The summed E-state index contributed by atoms with van der Waals surface area (Å²) in [7, 11) is 0. The lowest BCUT2D eigenvalue weighted by atomic mass is 9.99. The fourth-order valence-corrected chi connectivity index (χ4v) is 1.36. The van der Waals surface area contributed by atoms with Crippen molar-refractivity contribution < 1.29 is 9.90 Å². The highest BCUT2D eigenvalue weighted by atomic mass is 16.3. The predicted molar refractivity (Wildman–Crippen MR) is 42.0 cm³/mol. The average Bonchev–Trinajstić information content (AvgIpc) is 2.17. The van der Waals surface area contributed by atoms with Gasteiger partial charge in [0.2, 0.25) is 5.91 Å². The molecule has 1 saturated heterocycles. The second kappa shape index (κ2) is 4.07. The second-order valence-corrected chi connectivity index (χ2v) is 2.94. The Morgan fingerprint density at radius 3 is 2.58 bits per heavy atom. The largest absolute Gasteiger partial charge is 0.387 e. The Labute approximate surface area is 71.4 Å². The van der Waals surface area contributed by atoms with E-state index in [1.807, 2.05) is 0 Å². The van der Waals surface area contributed by atoms with Gasteiger partial charge in [-0.2, -0.15) is 5.26 Å². The van der Waals surface area contributed by atoms with Crippen molar-refractivity contribution in [2.75, 3.05) is 19.7 Å². The van der Waals surface area contributed by atoms with E-state index in [9.17, 15) is 4.79 Å². The van der Waals surface area contributed by atoms with Gasteiger partial charge in [-0.05, 0) is 12.8 Å². The van der Waals surface area contributed by atoms with Crippen LogP contribution in [0.15, 0.2) is 0 Å². The van der Waals surface area contributed by atoms with Gasteiger partial charge in [0.05, 0.1) is 6.07 Å². The number of rotatable bonds is 1. The highest BCUT2D eigenvalue weighted by Crippen LogP contribution is 2.15. The van der Waals surface area contributed by atoms with Crippen LogP contribution in [0.5, 0.6) is 0 Å². The summed E-state index contributed by atoms with van der Waals surface area (Å²) >= 11 is 0. The molecule has 12 heavy (non-hydrogen) atoms. The van der Waals surface area contributed by atoms with E-state index in [-0.39, 0.29) is 11.8 Å². The summed E-state index contributed by atoms with van der Waals surface area (Å²) < 4.78 is 0. The van der Waals surface area contributed by atoms with Crippen molar-refractivity contribution in [3.8, 4) is 6.07 Å². The van der Waals surface area contributed by atoms with Gasteiger partial charge in [-0.15, -0.1) is 0 Å². The molecule has 0 unspecified atom stereocenters. The van der Waals surface area contributed by atoms with Crippen LogP contribution < -0.4 is 0 Å². The molecule has 4 heteroatoms. The van der Waals surface area contributed by atoms with Crippen LogP contribution in [0.1, 0.15) is 12.8 Å². The van der Waals surface area contributed by atoms with Gasteiger partial charge < -0.3 is 10.0 Å². The highest BCUT2D eigenvalue weighted by Gasteiger charge is 2.21. The maximum absolute atomic E-state index is 11.0. The summed E-state index contributed by atoms with van der Waals surface area (Å²) in [5.74, 6) is -0.140. The Morgan fingerprint density at radius 1 is 1.58 bits per heavy atom. The first-order chi connectivity index (χ1) is 5.77. The lowest BCUT2D eigenvalue weighted by Gasteiger charge is -2.28. The maximum atomic E-state index is 11.0. The number of nitrogens with zero attached hydrogens (tertiary/aromatic N) is 2. The first-order valence-electron chi connectivity index (χ1n) is 4.06. The molecule has 0 spiro atoms. The van der Waals surface area contributed by atoms with E-state index >= 15 is 0 Å². The minimum Gasteiger partial charge on any atom is -0.387 e. The maximum Gasteiger partial charge on any atom is 0.248 e. The van der Waals surface area contributed by atoms with E-state index in [0.29, 0.717) is 13.1 Å². The van der Waals surface area contributed by atoms with Crippen molar-refractivity contribution >= 4 is 5.91 Å². The summed E-state index contributed by atoms with van der Waals surface area (Å²) in [6, 6.07) is 2.18. The summed E-state index contributed by atoms with van der Waals surface area (Å²) in [5.41, 5.74) is 0. The van der Waals surface area contributed by atoms with Gasteiger partial charge in [0.1, 0.15) is 6.61 Å². The topological polar surface area (TPSA) is 64.3 Å². The van der Waals surface area contributed by atoms with E-state index in [4.69, 9.17) is 10.4 Å². The minimum absolute atomic E-state index is 0.0905. The van der Waals surface area contributed by atoms with E-state index in [0.717, 1.165) is 12.8 Å². The quantitative estimate of drug-likeness (QED) is 0.586. The molecule has 1 amide bonds.